The first kappa shape index (κ1) is 18.7. The van der Waals surface area contributed by atoms with Gasteiger partial charge in [-0.05, 0) is 48.0 Å². The number of aromatic nitrogens is 1. The van der Waals surface area contributed by atoms with E-state index in [9.17, 15) is 10.1 Å². The van der Waals surface area contributed by atoms with Gasteiger partial charge in [0.1, 0.15) is 28.9 Å². The van der Waals surface area contributed by atoms with Crippen molar-refractivity contribution in [2.24, 2.45) is 5.73 Å². The average molecular weight is 374 g/mol. The SMILES string of the molecule is COc1ccc(-c2cc(-c3cccc(OCC(N)=O)c3)c(C#N)c(N)n2)cc1. The van der Waals surface area contributed by atoms with Crippen LogP contribution in [0.3, 0.4) is 0 Å². The van der Waals surface area contributed by atoms with Gasteiger partial charge in [-0.3, -0.25) is 4.79 Å². The lowest BCUT2D eigenvalue weighted by atomic mass is 9.98. The van der Waals surface area contributed by atoms with E-state index >= 15 is 0 Å². The number of amides is 1. The number of carbonyl (C=O) groups is 1. The second-order valence-electron chi connectivity index (χ2n) is 5.94. The van der Waals surface area contributed by atoms with E-state index in [0.717, 1.165) is 11.3 Å². The molecule has 7 heteroatoms. The zero-order valence-corrected chi connectivity index (χ0v) is 15.2. The molecule has 4 N–H and O–H groups in total. The van der Waals surface area contributed by atoms with Crippen LogP contribution in [0.2, 0.25) is 0 Å². The number of nitrogen functional groups attached to an aromatic ring is 1. The van der Waals surface area contributed by atoms with Gasteiger partial charge in [0.05, 0.1) is 12.8 Å². The first-order chi connectivity index (χ1) is 13.5. The fourth-order valence-corrected chi connectivity index (χ4v) is 2.73. The Hall–Kier alpha value is -4.05. The predicted octanol–water partition coefficient (Wildman–Crippen LogP) is 2.74. The normalized spacial score (nSPS) is 10.1. The Kier molecular flexibility index (Phi) is 5.42. The molecule has 0 bridgehead atoms. The number of nitriles is 1. The smallest absolute Gasteiger partial charge is 0.255 e. The molecular formula is C21H18N4O3. The molecule has 0 saturated heterocycles. The summed E-state index contributed by atoms with van der Waals surface area (Å²) < 4.78 is 10.5. The number of methoxy groups -OCH3 is 1. The quantitative estimate of drug-likeness (QED) is 0.683. The molecule has 3 aromatic rings. The number of nitrogens with zero attached hydrogens (tertiary/aromatic N) is 2. The van der Waals surface area contributed by atoms with Gasteiger partial charge in [-0.15, -0.1) is 0 Å². The van der Waals surface area contributed by atoms with E-state index in [4.69, 9.17) is 20.9 Å². The fraction of sp³-hybridized carbons (Fsp3) is 0.0952. The molecule has 0 spiro atoms. The van der Waals surface area contributed by atoms with Crippen molar-refractivity contribution < 1.29 is 14.3 Å². The van der Waals surface area contributed by atoms with Gasteiger partial charge in [0.2, 0.25) is 0 Å². The summed E-state index contributed by atoms with van der Waals surface area (Å²) in [6.07, 6.45) is 0. The van der Waals surface area contributed by atoms with Crippen LogP contribution >= 0.6 is 0 Å². The van der Waals surface area contributed by atoms with Gasteiger partial charge in [-0.1, -0.05) is 12.1 Å². The van der Waals surface area contributed by atoms with Crippen molar-refractivity contribution >= 4 is 11.7 Å². The van der Waals surface area contributed by atoms with Crippen molar-refractivity contribution in [1.82, 2.24) is 4.98 Å². The molecule has 140 valence electrons. The Morgan fingerprint density at radius 2 is 1.86 bits per heavy atom. The van der Waals surface area contributed by atoms with Crippen LogP contribution in [0.15, 0.2) is 54.6 Å². The highest BCUT2D eigenvalue weighted by molar-refractivity contribution is 5.81. The third-order valence-corrected chi connectivity index (χ3v) is 4.07. The van der Waals surface area contributed by atoms with Crippen LogP contribution in [0.4, 0.5) is 5.82 Å². The summed E-state index contributed by atoms with van der Waals surface area (Å²) in [4.78, 5) is 15.3. The first-order valence-corrected chi connectivity index (χ1v) is 8.38. The summed E-state index contributed by atoms with van der Waals surface area (Å²) >= 11 is 0. The number of primary amides is 1. The molecule has 3 rings (SSSR count). The highest BCUT2D eigenvalue weighted by Crippen LogP contribution is 2.33. The standard InChI is InChI=1S/C21H18N4O3/c1-27-15-7-5-13(6-8-15)19-10-17(18(11-22)21(24)25-19)14-3-2-4-16(9-14)28-12-20(23)26/h2-10H,12H2,1H3,(H2,23,26)(H2,24,25). The van der Waals surface area contributed by atoms with E-state index in [1.165, 1.54) is 0 Å². The molecule has 1 aromatic heterocycles. The van der Waals surface area contributed by atoms with Gasteiger partial charge in [0.25, 0.3) is 5.91 Å². The van der Waals surface area contributed by atoms with E-state index < -0.39 is 5.91 Å². The van der Waals surface area contributed by atoms with E-state index in [0.29, 0.717) is 22.6 Å². The second-order valence-corrected chi connectivity index (χ2v) is 5.94. The number of hydrogen-bond acceptors (Lipinski definition) is 6. The lowest BCUT2D eigenvalue weighted by molar-refractivity contribution is -0.119. The zero-order chi connectivity index (χ0) is 20.1. The van der Waals surface area contributed by atoms with E-state index in [-0.39, 0.29) is 18.0 Å². The first-order valence-electron chi connectivity index (χ1n) is 8.38. The molecule has 0 unspecified atom stereocenters. The number of pyridine rings is 1. The van der Waals surface area contributed by atoms with Crippen molar-refractivity contribution in [3.8, 4) is 40.0 Å². The van der Waals surface area contributed by atoms with Crippen LogP contribution in [-0.4, -0.2) is 24.6 Å². The van der Waals surface area contributed by atoms with Crippen LogP contribution in [0.1, 0.15) is 5.56 Å². The molecular weight excluding hydrogens is 356 g/mol. The summed E-state index contributed by atoms with van der Waals surface area (Å²) in [7, 11) is 1.60. The number of anilines is 1. The Bertz CT molecular complexity index is 1060. The molecule has 0 aliphatic rings. The van der Waals surface area contributed by atoms with E-state index in [2.05, 4.69) is 11.1 Å². The molecule has 0 aliphatic carbocycles. The Balaban J connectivity index is 2.07. The summed E-state index contributed by atoms with van der Waals surface area (Å²) in [5.74, 6) is 0.749. The Morgan fingerprint density at radius 1 is 1.11 bits per heavy atom. The molecule has 0 radical (unpaired) electrons. The maximum atomic E-state index is 10.9. The van der Waals surface area contributed by atoms with Crippen LogP contribution < -0.4 is 20.9 Å². The van der Waals surface area contributed by atoms with Crippen LogP contribution in [-0.2, 0) is 4.79 Å². The fourth-order valence-electron chi connectivity index (χ4n) is 2.73. The van der Waals surface area contributed by atoms with Gasteiger partial charge >= 0.3 is 0 Å². The maximum Gasteiger partial charge on any atom is 0.255 e. The number of nitrogens with two attached hydrogens (primary N) is 2. The summed E-state index contributed by atoms with van der Waals surface area (Å²) in [5.41, 5.74) is 14.2. The van der Waals surface area contributed by atoms with Crippen molar-refractivity contribution in [2.75, 3.05) is 19.5 Å². The number of ether oxygens (including phenoxy) is 2. The lowest BCUT2D eigenvalue weighted by Gasteiger charge is -2.12. The Labute approximate surface area is 162 Å². The molecule has 0 atom stereocenters. The summed E-state index contributed by atoms with van der Waals surface area (Å²) in [6.45, 7) is -0.232. The van der Waals surface area contributed by atoms with Crippen molar-refractivity contribution in [3.05, 3.63) is 60.2 Å². The topological polar surface area (TPSA) is 124 Å². The van der Waals surface area contributed by atoms with Gasteiger partial charge in [0, 0.05) is 11.1 Å². The Morgan fingerprint density at radius 3 is 2.50 bits per heavy atom. The molecule has 2 aromatic carbocycles. The van der Waals surface area contributed by atoms with E-state index in [1.54, 1.807) is 31.4 Å². The van der Waals surface area contributed by atoms with Crippen molar-refractivity contribution in [3.63, 3.8) is 0 Å². The molecule has 1 heterocycles. The highest BCUT2D eigenvalue weighted by atomic mass is 16.5. The third-order valence-electron chi connectivity index (χ3n) is 4.07. The molecule has 0 fully saturated rings. The average Bonchev–Trinajstić information content (AvgIpc) is 2.72. The van der Waals surface area contributed by atoms with Crippen LogP contribution in [0.5, 0.6) is 11.5 Å². The van der Waals surface area contributed by atoms with Gasteiger partial charge in [-0.2, -0.15) is 5.26 Å². The lowest BCUT2D eigenvalue weighted by Crippen LogP contribution is -2.19. The van der Waals surface area contributed by atoms with E-state index in [1.807, 2.05) is 30.3 Å². The summed E-state index contributed by atoms with van der Waals surface area (Å²) in [6, 6.07) is 18.3. The minimum Gasteiger partial charge on any atom is -0.497 e. The van der Waals surface area contributed by atoms with Crippen molar-refractivity contribution in [2.45, 2.75) is 0 Å². The summed E-state index contributed by atoms with van der Waals surface area (Å²) in [5, 5.41) is 9.56. The third kappa shape index (κ3) is 4.02. The number of hydrogen-bond donors (Lipinski definition) is 2. The largest absolute Gasteiger partial charge is 0.497 e. The number of rotatable bonds is 6. The molecule has 0 saturated carbocycles. The van der Waals surface area contributed by atoms with Crippen LogP contribution in [0.25, 0.3) is 22.4 Å². The second kappa shape index (κ2) is 8.10. The number of benzene rings is 2. The van der Waals surface area contributed by atoms with Crippen molar-refractivity contribution in [1.29, 1.82) is 5.26 Å². The minimum atomic E-state index is -0.571. The monoisotopic (exact) mass is 374 g/mol. The van der Waals surface area contributed by atoms with Gasteiger partial charge < -0.3 is 20.9 Å². The number of carbonyl (C=O) groups excluding carboxylic acids is 1. The molecule has 0 aliphatic heterocycles. The highest BCUT2D eigenvalue weighted by Gasteiger charge is 2.14. The molecule has 1 amide bonds. The minimum absolute atomic E-state index is 0.134. The zero-order valence-electron chi connectivity index (χ0n) is 15.2. The van der Waals surface area contributed by atoms with Gasteiger partial charge in [-0.25, -0.2) is 4.98 Å². The van der Waals surface area contributed by atoms with Crippen LogP contribution in [0, 0.1) is 11.3 Å². The molecule has 7 nitrogen and oxygen atoms in total. The molecule has 28 heavy (non-hydrogen) atoms. The van der Waals surface area contributed by atoms with Gasteiger partial charge in [0.15, 0.2) is 6.61 Å². The maximum absolute atomic E-state index is 10.9. The predicted molar refractivity (Wildman–Crippen MR) is 105 cm³/mol.